The summed E-state index contributed by atoms with van der Waals surface area (Å²) in [4.78, 5) is 38.4. The Morgan fingerprint density at radius 3 is 2.67 bits per heavy atom. The number of aromatic nitrogens is 2. The van der Waals surface area contributed by atoms with E-state index in [9.17, 15) is 14.4 Å². The van der Waals surface area contributed by atoms with E-state index in [1.54, 1.807) is 10.6 Å². The van der Waals surface area contributed by atoms with Crippen molar-refractivity contribution < 1.29 is 9.53 Å². The van der Waals surface area contributed by atoms with Gasteiger partial charge >= 0.3 is 11.7 Å². The summed E-state index contributed by atoms with van der Waals surface area (Å²) in [6.07, 6.45) is 2.55. The van der Waals surface area contributed by atoms with Crippen molar-refractivity contribution in [3.63, 3.8) is 0 Å². The Hall–Kier alpha value is -3.21. The Balaban J connectivity index is 1.73. The Morgan fingerprint density at radius 2 is 2.03 bits per heavy atom. The van der Waals surface area contributed by atoms with Gasteiger partial charge in [0.1, 0.15) is 5.52 Å². The highest BCUT2D eigenvalue weighted by atomic mass is 16.5. The van der Waals surface area contributed by atoms with Gasteiger partial charge in [-0.3, -0.25) is 9.36 Å². The number of nitrogens with zero attached hydrogens (tertiary/aromatic N) is 3. The van der Waals surface area contributed by atoms with Gasteiger partial charge < -0.3 is 32.3 Å². The number of anilines is 1. The lowest BCUT2D eigenvalue weighted by molar-refractivity contribution is 0.247. The maximum absolute atomic E-state index is 12.7. The third-order valence-corrected chi connectivity index (χ3v) is 6.01. The Kier molecular flexibility index (Phi) is 5.06. The molecule has 1 aromatic heterocycles. The summed E-state index contributed by atoms with van der Waals surface area (Å²) in [6, 6.07) is 2.70. The number of hydrogen-bond donors (Lipinski definition) is 4. The van der Waals surface area contributed by atoms with Crippen molar-refractivity contribution >= 4 is 22.6 Å². The molecule has 1 saturated carbocycles. The van der Waals surface area contributed by atoms with Crippen LogP contribution in [0, 0.1) is 5.92 Å². The highest BCUT2D eigenvalue weighted by Gasteiger charge is 2.33. The van der Waals surface area contributed by atoms with Gasteiger partial charge in [-0.2, -0.15) is 4.68 Å². The van der Waals surface area contributed by atoms with Crippen molar-refractivity contribution in [3.05, 3.63) is 33.0 Å². The molecule has 2 aliphatic rings. The molecule has 4 rings (SSSR count). The Labute approximate surface area is 172 Å². The van der Waals surface area contributed by atoms with Gasteiger partial charge in [-0.25, -0.2) is 9.59 Å². The van der Waals surface area contributed by atoms with Crippen LogP contribution in [-0.4, -0.2) is 48.1 Å². The first kappa shape index (κ1) is 20.1. The molecular formula is C19H27N7O4. The molecule has 2 atom stereocenters. The van der Waals surface area contributed by atoms with Crippen molar-refractivity contribution in [1.29, 1.82) is 0 Å². The number of nitrogens with two attached hydrogens (primary N) is 3. The molecule has 1 saturated heterocycles. The van der Waals surface area contributed by atoms with E-state index in [0.29, 0.717) is 34.4 Å². The van der Waals surface area contributed by atoms with Gasteiger partial charge in [0.25, 0.3) is 5.56 Å². The lowest BCUT2D eigenvalue weighted by atomic mass is 10.00. The van der Waals surface area contributed by atoms with E-state index < -0.39 is 17.3 Å². The number of fused-ring (bicyclic) bond motifs is 1. The minimum absolute atomic E-state index is 0.0131. The number of nitrogens with one attached hydrogen (secondary N) is 1. The van der Waals surface area contributed by atoms with Gasteiger partial charge in [0.05, 0.1) is 18.2 Å². The van der Waals surface area contributed by atoms with Crippen molar-refractivity contribution in [2.24, 2.45) is 17.4 Å². The molecule has 2 unspecified atom stereocenters. The maximum atomic E-state index is 12.7. The first-order chi connectivity index (χ1) is 14.3. The van der Waals surface area contributed by atoms with Crippen molar-refractivity contribution in [2.45, 2.75) is 31.3 Å². The van der Waals surface area contributed by atoms with Gasteiger partial charge in [-0.1, -0.05) is 0 Å². The van der Waals surface area contributed by atoms with Crippen LogP contribution in [0.1, 0.15) is 25.3 Å². The second-order valence-corrected chi connectivity index (χ2v) is 7.98. The van der Waals surface area contributed by atoms with E-state index in [-0.39, 0.29) is 18.0 Å². The van der Waals surface area contributed by atoms with Gasteiger partial charge in [0, 0.05) is 31.7 Å². The number of primary amides is 1. The maximum Gasteiger partial charge on any atom is 0.350 e. The molecule has 162 valence electrons. The zero-order valence-corrected chi connectivity index (χ0v) is 16.8. The minimum Gasteiger partial charge on any atom is -0.492 e. The van der Waals surface area contributed by atoms with Crippen LogP contribution in [0.5, 0.6) is 5.75 Å². The van der Waals surface area contributed by atoms with Crippen molar-refractivity contribution in [3.8, 4) is 5.75 Å². The predicted molar refractivity (Wildman–Crippen MR) is 113 cm³/mol. The van der Waals surface area contributed by atoms with E-state index in [4.69, 9.17) is 22.0 Å². The number of carbonyl (C=O) groups is 1. The van der Waals surface area contributed by atoms with Gasteiger partial charge in [0.15, 0.2) is 5.75 Å². The lowest BCUT2D eigenvalue weighted by Gasteiger charge is -2.25. The number of benzene rings is 1. The fourth-order valence-corrected chi connectivity index (χ4v) is 4.26. The molecule has 11 nitrogen and oxygen atoms in total. The van der Waals surface area contributed by atoms with E-state index in [0.717, 1.165) is 31.5 Å². The SMILES string of the molecule is COc1c(N2CCC(C(N)CNC(N)=O)C2)ccc2c(=O)n(N)c(=O)n(C3CC3)c12. The van der Waals surface area contributed by atoms with E-state index in [1.165, 1.54) is 7.11 Å². The summed E-state index contributed by atoms with van der Waals surface area (Å²) in [5, 5.41) is 2.90. The monoisotopic (exact) mass is 417 g/mol. The topological polar surface area (TPSA) is 164 Å². The molecule has 2 aromatic rings. The zero-order valence-electron chi connectivity index (χ0n) is 16.8. The van der Waals surface area contributed by atoms with Crippen molar-refractivity contribution in [2.75, 3.05) is 37.5 Å². The molecule has 7 N–H and O–H groups in total. The molecule has 0 radical (unpaired) electrons. The molecule has 1 aliphatic carbocycles. The van der Waals surface area contributed by atoms with Gasteiger partial charge in [0.2, 0.25) is 0 Å². The number of rotatable bonds is 6. The number of amides is 2. The summed E-state index contributed by atoms with van der Waals surface area (Å²) in [5.41, 5.74) is 11.6. The summed E-state index contributed by atoms with van der Waals surface area (Å²) >= 11 is 0. The normalized spacial score (nSPS) is 19.8. The third-order valence-electron chi connectivity index (χ3n) is 6.01. The fraction of sp³-hybridized carbons (Fsp3) is 0.526. The number of nitrogen functional groups attached to an aromatic ring is 1. The van der Waals surface area contributed by atoms with Crippen molar-refractivity contribution in [1.82, 2.24) is 14.6 Å². The highest BCUT2D eigenvalue weighted by molar-refractivity contribution is 5.90. The molecule has 2 amide bonds. The van der Waals surface area contributed by atoms with Crippen LogP contribution in [0.15, 0.2) is 21.7 Å². The summed E-state index contributed by atoms with van der Waals surface area (Å²) in [5.74, 6) is 6.37. The molecule has 11 heteroatoms. The molecule has 1 aliphatic heterocycles. The standard InChI is InChI=1S/C19H27N7O4/c1-30-16-14(24-7-6-10(9-24)13(20)8-23-18(21)28)5-4-12-15(16)25(11-2-3-11)19(29)26(22)17(12)27/h4-5,10-11,13H,2-3,6-9,20,22H2,1H3,(H3,21,23,28). The number of carbonyl (C=O) groups excluding carboxylic acids is 1. The lowest BCUT2D eigenvalue weighted by Crippen LogP contribution is -2.45. The summed E-state index contributed by atoms with van der Waals surface area (Å²) < 4.78 is 7.96. The molecule has 2 fully saturated rings. The van der Waals surface area contributed by atoms with Crippen LogP contribution in [0.3, 0.4) is 0 Å². The predicted octanol–water partition coefficient (Wildman–Crippen LogP) is -0.958. The van der Waals surface area contributed by atoms with Crippen LogP contribution < -0.4 is 43.5 Å². The number of urea groups is 1. The number of ether oxygens (including phenoxy) is 1. The Morgan fingerprint density at radius 1 is 1.30 bits per heavy atom. The minimum atomic E-state index is -0.597. The number of methoxy groups -OCH3 is 1. The van der Waals surface area contributed by atoms with Gasteiger partial charge in [-0.05, 0) is 37.3 Å². The zero-order chi connectivity index (χ0) is 21.6. The van der Waals surface area contributed by atoms with Crippen LogP contribution in [-0.2, 0) is 0 Å². The third kappa shape index (κ3) is 3.34. The average molecular weight is 417 g/mol. The summed E-state index contributed by atoms with van der Waals surface area (Å²) in [7, 11) is 1.53. The van der Waals surface area contributed by atoms with E-state index in [2.05, 4.69) is 10.2 Å². The average Bonchev–Trinajstić information content (AvgIpc) is 3.44. The molecule has 1 aromatic carbocycles. The fourth-order valence-electron chi connectivity index (χ4n) is 4.26. The number of hydrogen-bond acceptors (Lipinski definition) is 7. The molecule has 2 heterocycles. The highest BCUT2D eigenvalue weighted by Crippen LogP contribution is 2.42. The first-order valence-electron chi connectivity index (χ1n) is 10.0. The second kappa shape index (κ2) is 7.56. The van der Waals surface area contributed by atoms with Crippen LogP contribution >= 0.6 is 0 Å². The van der Waals surface area contributed by atoms with Crippen LogP contribution in [0.25, 0.3) is 10.9 Å². The second-order valence-electron chi connectivity index (χ2n) is 7.98. The van der Waals surface area contributed by atoms with E-state index >= 15 is 0 Å². The molecule has 30 heavy (non-hydrogen) atoms. The smallest absolute Gasteiger partial charge is 0.350 e. The first-order valence-corrected chi connectivity index (χ1v) is 10.0. The van der Waals surface area contributed by atoms with Crippen LogP contribution in [0.4, 0.5) is 10.5 Å². The van der Waals surface area contributed by atoms with Gasteiger partial charge in [-0.15, -0.1) is 0 Å². The molecule has 0 bridgehead atoms. The molecule has 0 spiro atoms. The quantitative estimate of drug-likeness (QED) is 0.440. The van der Waals surface area contributed by atoms with Crippen LogP contribution in [0.2, 0.25) is 0 Å². The molecular weight excluding hydrogens is 390 g/mol. The Bertz CT molecular complexity index is 1100. The largest absolute Gasteiger partial charge is 0.492 e. The summed E-state index contributed by atoms with van der Waals surface area (Å²) in [6.45, 7) is 1.70. The van der Waals surface area contributed by atoms with E-state index in [1.807, 2.05) is 6.07 Å².